The molecule has 3 rings (SSSR count). The molecule has 1 atom stereocenters. The van der Waals surface area contributed by atoms with E-state index in [2.05, 4.69) is 28.9 Å². The number of aliphatic hydroxyl groups is 1. The molecule has 1 aliphatic heterocycles. The van der Waals surface area contributed by atoms with Crippen LogP contribution in [0.1, 0.15) is 50.4 Å². The van der Waals surface area contributed by atoms with Crippen LogP contribution in [-0.2, 0) is 4.74 Å². The molecule has 0 aromatic carbocycles. The lowest BCUT2D eigenvalue weighted by Gasteiger charge is -2.34. The molecule has 1 aromatic rings. The summed E-state index contributed by atoms with van der Waals surface area (Å²) in [6, 6.07) is 0.500. The smallest absolute Gasteiger partial charge is 0.230 e. The van der Waals surface area contributed by atoms with E-state index in [0.717, 1.165) is 25.9 Å². The number of hydrogen-bond acceptors (Lipinski definition) is 6. The molecule has 0 spiro atoms. The van der Waals surface area contributed by atoms with E-state index in [-0.39, 0.29) is 18.1 Å². The minimum Gasteiger partial charge on any atom is -0.393 e. The van der Waals surface area contributed by atoms with Crippen molar-refractivity contribution in [1.82, 2.24) is 15.0 Å². The van der Waals surface area contributed by atoms with Gasteiger partial charge in [-0.2, -0.15) is 4.98 Å². The average Bonchev–Trinajstić information content (AvgIpc) is 2.84. The number of aliphatic hydroxyl groups excluding tert-OH is 1. The van der Waals surface area contributed by atoms with Gasteiger partial charge in [-0.15, -0.1) is 0 Å². The molecule has 19 heavy (non-hydrogen) atoms. The summed E-state index contributed by atoms with van der Waals surface area (Å²) in [5.74, 6) is 1.51. The molecule has 1 aliphatic carbocycles. The second kappa shape index (κ2) is 5.19. The van der Waals surface area contributed by atoms with Crippen LogP contribution in [0.2, 0.25) is 0 Å². The molecule has 1 saturated carbocycles. The maximum atomic E-state index is 9.31. The molecule has 2 aliphatic rings. The zero-order valence-electron chi connectivity index (χ0n) is 11.5. The van der Waals surface area contributed by atoms with E-state index in [1.165, 1.54) is 0 Å². The van der Waals surface area contributed by atoms with Crippen LogP contribution in [0.3, 0.4) is 0 Å². The van der Waals surface area contributed by atoms with Gasteiger partial charge in [0.25, 0.3) is 0 Å². The number of hydrogen-bond donors (Lipinski definition) is 1. The van der Waals surface area contributed by atoms with Crippen LogP contribution in [0, 0.1) is 0 Å². The van der Waals surface area contributed by atoms with Crippen molar-refractivity contribution in [3.05, 3.63) is 11.7 Å². The van der Waals surface area contributed by atoms with Crippen LogP contribution in [0.15, 0.2) is 4.52 Å². The standard InChI is InChI=1S/C13H21N3O3/c1-8(2)16-3-4-18-11(7-16)12-14-13(19-15-12)9-5-10(17)6-9/h8-11,17H,3-7H2,1-2H3. The highest BCUT2D eigenvalue weighted by Gasteiger charge is 2.34. The highest BCUT2D eigenvalue weighted by Crippen LogP contribution is 2.36. The predicted molar refractivity (Wildman–Crippen MR) is 67.7 cm³/mol. The summed E-state index contributed by atoms with van der Waals surface area (Å²) in [4.78, 5) is 6.80. The van der Waals surface area contributed by atoms with Crippen LogP contribution in [-0.4, -0.2) is 52.0 Å². The second-order valence-corrected chi connectivity index (χ2v) is 5.76. The Labute approximate surface area is 112 Å². The van der Waals surface area contributed by atoms with E-state index in [9.17, 15) is 5.11 Å². The fourth-order valence-corrected chi connectivity index (χ4v) is 2.63. The summed E-state index contributed by atoms with van der Waals surface area (Å²) in [7, 11) is 0. The van der Waals surface area contributed by atoms with Crippen molar-refractivity contribution in [2.75, 3.05) is 19.7 Å². The molecule has 1 saturated heterocycles. The van der Waals surface area contributed by atoms with Gasteiger partial charge in [0.15, 0.2) is 0 Å². The summed E-state index contributed by atoms with van der Waals surface area (Å²) < 4.78 is 11.0. The van der Waals surface area contributed by atoms with Crippen molar-refractivity contribution in [3.8, 4) is 0 Å². The van der Waals surface area contributed by atoms with Crippen LogP contribution in [0.4, 0.5) is 0 Å². The lowest BCUT2D eigenvalue weighted by atomic mass is 9.82. The number of morpholine rings is 1. The maximum absolute atomic E-state index is 9.31. The van der Waals surface area contributed by atoms with Gasteiger partial charge in [-0.25, -0.2) is 0 Å². The lowest BCUT2D eigenvalue weighted by Crippen LogP contribution is -2.42. The van der Waals surface area contributed by atoms with E-state index in [1.807, 2.05) is 0 Å². The summed E-state index contributed by atoms with van der Waals surface area (Å²) in [5.41, 5.74) is 0. The first kappa shape index (κ1) is 13.0. The van der Waals surface area contributed by atoms with Gasteiger partial charge >= 0.3 is 0 Å². The largest absolute Gasteiger partial charge is 0.393 e. The van der Waals surface area contributed by atoms with Crippen molar-refractivity contribution in [1.29, 1.82) is 0 Å². The van der Waals surface area contributed by atoms with E-state index in [1.54, 1.807) is 0 Å². The maximum Gasteiger partial charge on any atom is 0.230 e. The van der Waals surface area contributed by atoms with Crippen molar-refractivity contribution < 1.29 is 14.4 Å². The Hall–Kier alpha value is -0.980. The monoisotopic (exact) mass is 267 g/mol. The zero-order valence-corrected chi connectivity index (χ0v) is 11.5. The van der Waals surface area contributed by atoms with E-state index < -0.39 is 0 Å². The van der Waals surface area contributed by atoms with Crippen molar-refractivity contribution in [2.45, 2.75) is 50.9 Å². The van der Waals surface area contributed by atoms with E-state index in [4.69, 9.17) is 9.26 Å². The molecule has 0 radical (unpaired) electrons. The highest BCUT2D eigenvalue weighted by atomic mass is 16.5. The Balaban J connectivity index is 1.65. The Bertz CT molecular complexity index is 429. The molecule has 1 N–H and O–H groups in total. The molecule has 6 heteroatoms. The van der Waals surface area contributed by atoms with Crippen molar-refractivity contribution >= 4 is 0 Å². The van der Waals surface area contributed by atoms with Crippen molar-refractivity contribution in [2.24, 2.45) is 0 Å². The van der Waals surface area contributed by atoms with Gasteiger partial charge in [-0.05, 0) is 26.7 Å². The minimum absolute atomic E-state index is 0.0985. The topological polar surface area (TPSA) is 71.6 Å². The van der Waals surface area contributed by atoms with Crippen LogP contribution in [0.25, 0.3) is 0 Å². The molecule has 2 fully saturated rings. The molecule has 1 aromatic heterocycles. The fourth-order valence-electron chi connectivity index (χ4n) is 2.63. The number of rotatable bonds is 3. The van der Waals surface area contributed by atoms with Crippen LogP contribution in [0.5, 0.6) is 0 Å². The second-order valence-electron chi connectivity index (χ2n) is 5.76. The number of aromatic nitrogens is 2. The fraction of sp³-hybridized carbons (Fsp3) is 0.846. The van der Waals surface area contributed by atoms with E-state index in [0.29, 0.717) is 24.4 Å². The summed E-state index contributed by atoms with van der Waals surface area (Å²) >= 11 is 0. The molecule has 0 bridgehead atoms. The summed E-state index contributed by atoms with van der Waals surface area (Å²) in [6.45, 7) is 6.83. The Kier molecular flexibility index (Phi) is 3.56. The third kappa shape index (κ3) is 2.66. The molecular formula is C13H21N3O3. The Morgan fingerprint density at radius 2 is 2.16 bits per heavy atom. The zero-order chi connectivity index (χ0) is 13.4. The Morgan fingerprint density at radius 1 is 1.37 bits per heavy atom. The molecule has 6 nitrogen and oxygen atoms in total. The van der Waals surface area contributed by atoms with Crippen LogP contribution < -0.4 is 0 Å². The lowest BCUT2D eigenvalue weighted by molar-refractivity contribution is -0.0450. The predicted octanol–water partition coefficient (Wildman–Crippen LogP) is 1.09. The van der Waals surface area contributed by atoms with Gasteiger partial charge < -0.3 is 14.4 Å². The first-order valence-electron chi connectivity index (χ1n) is 7.00. The first-order valence-corrected chi connectivity index (χ1v) is 7.00. The first-order chi connectivity index (χ1) is 9.13. The SMILES string of the molecule is CC(C)N1CCOC(c2noc(C3CC(O)C3)n2)C1. The molecular weight excluding hydrogens is 246 g/mol. The quantitative estimate of drug-likeness (QED) is 0.884. The normalized spacial score (nSPS) is 32.5. The van der Waals surface area contributed by atoms with Gasteiger partial charge in [0, 0.05) is 25.0 Å². The Morgan fingerprint density at radius 3 is 2.84 bits per heavy atom. The third-order valence-corrected chi connectivity index (χ3v) is 4.04. The van der Waals surface area contributed by atoms with Crippen molar-refractivity contribution in [3.63, 3.8) is 0 Å². The third-order valence-electron chi connectivity index (χ3n) is 4.04. The average molecular weight is 267 g/mol. The number of nitrogens with zero attached hydrogens (tertiary/aromatic N) is 3. The number of ether oxygens (including phenoxy) is 1. The summed E-state index contributed by atoms with van der Waals surface area (Å²) in [6.07, 6.45) is 1.15. The molecule has 2 heterocycles. The van der Waals surface area contributed by atoms with Gasteiger partial charge in [-0.3, -0.25) is 4.90 Å². The van der Waals surface area contributed by atoms with E-state index >= 15 is 0 Å². The van der Waals surface area contributed by atoms with Crippen LogP contribution >= 0.6 is 0 Å². The van der Waals surface area contributed by atoms with Gasteiger partial charge in [0.2, 0.25) is 11.7 Å². The molecule has 0 amide bonds. The minimum atomic E-state index is -0.206. The highest BCUT2D eigenvalue weighted by molar-refractivity contribution is 5.03. The molecule has 1 unspecified atom stereocenters. The summed E-state index contributed by atoms with van der Waals surface area (Å²) in [5, 5.41) is 13.4. The molecule has 106 valence electrons. The van der Waals surface area contributed by atoms with Gasteiger partial charge in [0.1, 0.15) is 6.10 Å². The van der Waals surface area contributed by atoms with Gasteiger partial charge in [0.05, 0.1) is 12.7 Å². The van der Waals surface area contributed by atoms with Gasteiger partial charge in [-0.1, -0.05) is 5.16 Å².